The predicted molar refractivity (Wildman–Crippen MR) is 115 cm³/mol. The number of ether oxygens (including phenoxy) is 3. The number of amides is 2. The molecule has 8 heteroatoms. The Kier molecular flexibility index (Phi) is 7.08. The summed E-state index contributed by atoms with van der Waals surface area (Å²) in [5.74, 6) is -0.434. The lowest BCUT2D eigenvalue weighted by Crippen LogP contribution is -2.51. The van der Waals surface area contributed by atoms with Crippen molar-refractivity contribution in [3.05, 3.63) is 18.2 Å². The van der Waals surface area contributed by atoms with Gasteiger partial charge in [-0.3, -0.25) is 14.4 Å². The number of hydrogen-bond donors (Lipinski definition) is 0. The number of anilines is 1. The highest BCUT2D eigenvalue weighted by atomic mass is 16.5. The van der Waals surface area contributed by atoms with Crippen molar-refractivity contribution in [3.63, 3.8) is 0 Å². The number of methoxy groups -OCH3 is 2. The molecular formula is C23H32N2O6. The van der Waals surface area contributed by atoms with E-state index in [1.807, 2.05) is 18.7 Å². The summed E-state index contributed by atoms with van der Waals surface area (Å²) >= 11 is 0. The fourth-order valence-corrected chi connectivity index (χ4v) is 4.49. The third-order valence-electron chi connectivity index (χ3n) is 6.22. The maximum Gasteiger partial charge on any atom is 0.312 e. The smallest absolute Gasteiger partial charge is 0.312 e. The van der Waals surface area contributed by atoms with Gasteiger partial charge in [0.05, 0.1) is 25.8 Å². The van der Waals surface area contributed by atoms with Crippen LogP contribution in [0.3, 0.4) is 0 Å². The van der Waals surface area contributed by atoms with Crippen LogP contribution in [-0.4, -0.2) is 61.6 Å². The van der Waals surface area contributed by atoms with Crippen LogP contribution < -0.4 is 14.4 Å². The zero-order valence-corrected chi connectivity index (χ0v) is 18.9. The van der Waals surface area contributed by atoms with E-state index >= 15 is 0 Å². The first-order chi connectivity index (χ1) is 14.8. The van der Waals surface area contributed by atoms with E-state index in [-0.39, 0.29) is 36.9 Å². The molecule has 1 aromatic carbocycles. The van der Waals surface area contributed by atoms with E-state index in [1.54, 1.807) is 32.2 Å². The summed E-state index contributed by atoms with van der Waals surface area (Å²) in [5, 5.41) is 0. The molecule has 170 valence electrons. The standard InChI is InChI=1S/C23H32N2O6/c1-14-7-6-8-15(2)25(14)22(27)16(3)31-23(28)17-11-21(26)24(13-17)19-10-9-18(29-4)12-20(19)30-5/h9-10,12,14-17H,6-8,11,13H2,1-5H3. The second-order valence-corrected chi connectivity index (χ2v) is 8.40. The van der Waals surface area contributed by atoms with Gasteiger partial charge in [0.25, 0.3) is 5.91 Å². The highest BCUT2D eigenvalue weighted by molar-refractivity contribution is 6.01. The Bertz CT molecular complexity index is 831. The molecule has 2 aliphatic rings. The average molecular weight is 433 g/mol. The number of carbonyl (C=O) groups is 3. The van der Waals surface area contributed by atoms with E-state index in [0.29, 0.717) is 17.2 Å². The lowest BCUT2D eigenvalue weighted by atomic mass is 9.97. The molecule has 2 amide bonds. The van der Waals surface area contributed by atoms with Gasteiger partial charge < -0.3 is 24.0 Å². The molecule has 3 rings (SSSR count). The second kappa shape index (κ2) is 9.58. The van der Waals surface area contributed by atoms with E-state index in [0.717, 1.165) is 19.3 Å². The van der Waals surface area contributed by atoms with E-state index in [2.05, 4.69) is 0 Å². The molecular weight excluding hydrogens is 400 g/mol. The Balaban J connectivity index is 1.66. The number of benzene rings is 1. The van der Waals surface area contributed by atoms with Crippen molar-refractivity contribution in [2.75, 3.05) is 25.7 Å². The Morgan fingerprint density at radius 2 is 1.77 bits per heavy atom. The first-order valence-corrected chi connectivity index (χ1v) is 10.8. The van der Waals surface area contributed by atoms with Crippen LogP contribution in [0, 0.1) is 5.92 Å². The summed E-state index contributed by atoms with van der Waals surface area (Å²) in [6.07, 6.45) is 2.15. The van der Waals surface area contributed by atoms with Gasteiger partial charge in [0, 0.05) is 31.1 Å². The van der Waals surface area contributed by atoms with Crippen LogP contribution in [-0.2, 0) is 19.1 Å². The van der Waals surface area contributed by atoms with Crippen molar-refractivity contribution in [1.29, 1.82) is 0 Å². The second-order valence-electron chi connectivity index (χ2n) is 8.40. The maximum atomic E-state index is 12.9. The van der Waals surface area contributed by atoms with Crippen LogP contribution in [0.5, 0.6) is 11.5 Å². The number of nitrogens with zero attached hydrogens (tertiary/aromatic N) is 2. The molecule has 2 heterocycles. The van der Waals surface area contributed by atoms with E-state index < -0.39 is 18.0 Å². The van der Waals surface area contributed by atoms with Crippen molar-refractivity contribution in [3.8, 4) is 11.5 Å². The van der Waals surface area contributed by atoms with E-state index in [1.165, 1.54) is 12.0 Å². The first-order valence-electron chi connectivity index (χ1n) is 10.8. The number of likely N-dealkylation sites (tertiary alicyclic amines) is 1. The largest absolute Gasteiger partial charge is 0.497 e. The van der Waals surface area contributed by atoms with Gasteiger partial charge in [-0.25, -0.2) is 0 Å². The summed E-state index contributed by atoms with van der Waals surface area (Å²) in [4.78, 5) is 41.6. The minimum absolute atomic E-state index is 0.0332. The highest BCUT2D eigenvalue weighted by Gasteiger charge is 2.39. The summed E-state index contributed by atoms with van der Waals surface area (Å²) < 4.78 is 16.1. The van der Waals surface area contributed by atoms with Gasteiger partial charge >= 0.3 is 5.97 Å². The zero-order valence-electron chi connectivity index (χ0n) is 18.9. The van der Waals surface area contributed by atoms with Crippen LogP contribution >= 0.6 is 0 Å². The van der Waals surface area contributed by atoms with Crippen molar-refractivity contribution in [2.45, 2.75) is 64.6 Å². The lowest BCUT2D eigenvalue weighted by molar-refractivity contribution is -0.164. The summed E-state index contributed by atoms with van der Waals surface area (Å²) in [6.45, 7) is 5.84. The topological polar surface area (TPSA) is 85.4 Å². The third kappa shape index (κ3) is 4.78. The van der Waals surface area contributed by atoms with Crippen LogP contribution in [0.2, 0.25) is 0 Å². The average Bonchev–Trinajstić information content (AvgIpc) is 3.14. The van der Waals surface area contributed by atoms with Gasteiger partial charge in [-0.15, -0.1) is 0 Å². The number of esters is 1. The minimum Gasteiger partial charge on any atom is -0.497 e. The summed E-state index contributed by atoms with van der Waals surface area (Å²) in [7, 11) is 3.07. The Hall–Kier alpha value is -2.77. The van der Waals surface area contributed by atoms with Crippen LogP contribution in [0.15, 0.2) is 18.2 Å². The maximum absolute atomic E-state index is 12.9. The molecule has 0 bridgehead atoms. The Morgan fingerprint density at radius 1 is 1.10 bits per heavy atom. The number of hydrogen-bond acceptors (Lipinski definition) is 6. The van der Waals surface area contributed by atoms with E-state index in [9.17, 15) is 14.4 Å². The van der Waals surface area contributed by atoms with Gasteiger partial charge in [-0.05, 0) is 52.2 Å². The molecule has 4 unspecified atom stereocenters. The zero-order chi connectivity index (χ0) is 22.7. The fourth-order valence-electron chi connectivity index (χ4n) is 4.49. The number of rotatable bonds is 6. The lowest BCUT2D eigenvalue weighted by Gasteiger charge is -2.40. The normalized spacial score (nSPS) is 24.7. The molecule has 4 atom stereocenters. The molecule has 0 N–H and O–H groups in total. The van der Waals surface area contributed by atoms with Gasteiger partial charge in [-0.1, -0.05) is 0 Å². The van der Waals surface area contributed by atoms with Crippen molar-refractivity contribution < 1.29 is 28.6 Å². The first kappa shape index (κ1) is 22.9. The number of carbonyl (C=O) groups excluding carboxylic acids is 3. The quantitative estimate of drug-likeness (QED) is 0.643. The van der Waals surface area contributed by atoms with Crippen molar-refractivity contribution >= 4 is 23.5 Å². The van der Waals surface area contributed by atoms with Crippen molar-refractivity contribution in [1.82, 2.24) is 4.90 Å². The highest BCUT2D eigenvalue weighted by Crippen LogP contribution is 2.36. The minimum atomic E-state index is -0.879. The molecule has 0 saturated carbocycles. The summed E-state index contributed by atoms with van der Waals surface area (Å²) in [6, 6.07) is 5.41. The molecule has 31 heavy (non-hydrogen) atoms. The Labute approximate surface area is 183 Å². The van der Waals surface area contributed by atoms with Crippen LogP contribution in [0.25, 0.3) is 0 Å². The predicted octanol–water partition coefficient (Wildman–Crippen LogP) is 2.78. The Morgan fingerprint density at radius 3 is 2.39 bits per heavy atom. The van der Waals surface area contributed by atoms with Crippen molar-refractivity contribution in [2.24, 2.45) is 5.92 Å². The molecule has 0 spiro atoms. The van der Waals surface area contributed by atoms with Crippen LogP contribution in [0.1, 0.15) is 46.5 Å². The van der Waals surface area contributed by atoms with E-state index in [4.69, 9.17) is 14.2 Å². The SMILES string of the molecule is COc1ccc(N2CC(C(=O)OC(C)C(=O)N3C(C)CCCC3C)CC2=O)c(OC)c1. The monoisotopic (exact) mass is 432 g/mol. The van der Waals surface area contributed by atoms with Gasteiger partial charge in [0.2, 0.25) is 5.91 Å². The molecule has 2 fully saturated rings. The molecule has 0 aromatic heterocycles. The third-order valence-corrected chi connectivity index (χ3v) is 6.22. The van der Waals surface area contributed by atoms with Crippen LogP contribution in [0.4, 0.5) is 5.69 Å². The molecule has 8 nitrogen and oxygen atoms in total. The molecule has 0 radical (unpaired) electrons. The molecule has 0 aliphatic carbocycles. The van der Waals surface area contributed by atoms with Gasteiger partial charge in [0.15, 0.2) is 6.10 Å². The molecule has 1 aromatic rings. The van der Waals surface area contributed by atoms with Gasteiger partial charge in [-0.2, -0.15) is 0 Å². The molecule has 2 aliphatic heterocycles. The number of piperidine rings is 1. The van der Waals surface area contributed by atoms with Gasteiger partial charge in [0.1, 0.15) is 11.5 Å². The fraction of sp³-hybridized carbons (Fsp3) is 0.609. The molecule has 2 saturated heterocycles. The summed E-state index contributed by atoms with van der Waals surface area (Å²) in [5.41, 5.74) is 0.573.